The molecule has 6 nitrogen and oxygen atoms in total. The van der Waals surface area contributed by atoms with Crippen molar-refractivity contribution in [2.24, 2.45) is 5.10 Å². The van der Waals surface area contributed by atoms with Crippen molar-refractivity contribution < 1.29 is 9.15 Å². The van der Waals surface area contributed by atoms with Crippen LogP contribution in [-0.4, -0.2) is 17.8 Å². The Morgan fingerprint density at radius 3 is 2.78 bits per heavy atom. The maximum Gasteiger partial charge on any atom is 0.252 e. The van der Waals surface area contributed by atoms with E-state index in [4.69, 9.17) is 14.4 Å². The van der Waals surface area contributed by atoms with Gasteiger partial charge in [-0.15, -0.1) is 0 Å². The van der Waals surface area contributed by atoms with E-state index in [0.717, 1.165) is 11.3 Å². The van der Waals surface area contributed by atoms with Crippen LogP contribution in [0.3, 0.4) is 0 Å². The quantitative estimate of drug-likeness (QED) is 0.479. The minimum atomic E-state index is 0.102. The molecule has 2 aromatic rings. The van der Waals surface area contributed by atoms with E-state index in [2.05, 4.69) is 22.1 Å². The molecule has 1 aromatic heterocycles. The van der Waals surface area contributed by atoms with Crippen LogP contribution in [-0.2, 0) is 0 Å². The first-order valence-corrected chi connectivity index (χ1v) is 7.17. The van der Waals surface area contributed by atoms with Crippen molar-refractivity contribution in [3.8, 4) is 11.8 Å². The number of anilines is 1. The van der Waals surface area contributed by atoms with Crippen molar-refractivity contribution in [2.45, 2.75) is 19.8 Å². The lowest BCUT2D eigenvalue weighted by Gasteiger charge is -2.02. The van der Waals surface area contributed by atoms with Crippen LogP contribution in [0.5, 0.6) is 5.75 Å². The molecule has 0 aliphatic carbocycles. The third kappa shape index (κ3) is 4.45. The van der Waals surface area contributed by atoms with Gasteiger partial charge in [0.25, 0.3) is 5.88 Å². The van der Waals surface area contributed by atoms with E-state index in [1.807, 2.05) is 44.2 Å². The minimum absolute atomic E-state index is 0.102. The summed E-state index contributed by atoms with van der Waals surface area (Å²) < 4.78 is 10.9. The largest absolute Gasteiger partial charge is 0.490 e. The summed E-state index contributed by atoms with van der Waals surface area (Å²) in [5.74, 6) is 1.62. The van der Waals surface area contributed by atoms with Gasteiger partial charge < -0.3 is 9.15 Å². The standard InChI is InChI=1S/C17H18N4O2/c1-4-9-22-14-7-5-13(6-8-14)11-19-21-17-15(10-18)20-16(23-17)12(2)3/h4-8,11-12,21H,1,9H2,2-3H3. The molecular formula is C17H18N4O2. The normalized spacial score (nSPS) is 10.7. The summed E-state index contributed by atoms with van der Waals surface area (Å²) in [6.07, 6.45) is 3.31. The Morgan fingerprint density at radius 2 is 2.17 bits per heavy atom. The molecule has 0 unspecified atom stereocenters. The lowest BCUT2D eigenvalue weighted by Crippen LogP contribution is -1.94. The molecule has 118 valence electrons. The molecule has 0 saturated carbocycles. The predicted molar refractivity (Wildman–Crippen MR) is 88.7 cm³/mol. The number of ether oxygens (including phenoxy) is 1. The molecule has 23 heavy (non-hydrogen) atoms. The maximum absolute atomic E-state index is 9.05. The van der Waals surface area contributed by atoms with Gasteiger partial charge in [0, 0.05) is 5.92 Å². The van der Waals surface area contributed by atoms with Gasteiger partial charge in [0.15, 0.2) is 0 Å². The number of nitrogens with zero attached hydrogens (tertiary/aromatic N) is 3. The highest BCUT2D eigenvalue weighted by molar-refractivity contribution is 5.80. The second-order valence-electron chi connectivity index (χ2n) is 5.04. The van der Waals surface area contributed by atoms with Crippen molar-refractivity contribution in [3.05, 3.63) is 54.1 Å². The Morgan fingerprint density at radius 1 is 1.43 bits per heavy atom. The second kappa shape index (κ2) is 7.80. The number of benzene rings is 1. The molecule has 0 fully saturated rings. The summed E-state index contributed by atoms with van der Waals surface area (Å²) in [6, 6.07) is 9.41. The number of hydrogen-bond donors (Lipinski definition) is 1. The van der Waals surface area contributed by atoms with E-state index < -0.39 is 0 Å². The molecule has 6 heteroatoms. The summed E-state index contributed by atoms with van der Waals surface area (Å²) in [6.45, 7) is 7.95. The van der Waals surface area contributed by atoms with Gasteiger partial charge in [-0.25, -0.2) is 10.4 Å². The highest BCUT2D eigenvalue weighted by Gasteiger charge is 2.14. The van der Waals surface area contributed by atoms with Gasteiger partial charge in [-0.1, -0.05) is 26.5 Å². The number of nitriles is 1. The van der Waals surface area contributed by atoms with Crippen molar-refractivity contribution in [1.82, 2.24) is 4.98 Å². The van der Waals surface area contributed by atoms with E-state index in [9.17, 15) is 0 Å². The summed E-state index contributed by atoms with van der Waals surface area (Å²) in [7, 11) is 0. The molecular weight excluding hydrogens is 292 g/mol. The van der Waals surface area contributed by atoms with Crippen LogP contribution >= 0.6 is 0 Å². The van der Waals surface area contributed by atoms with Crippen molar-refractivity contribution in [1.29, 1.82) is 5.26 Å². The Hall–Kier alpha value is -3.07. The van der Waals surface area contributed by atoms with Crippen LogP contribution in [0.4, 0.5) is 5.88 Å². The minimum Gasteiger partial charge on any atom is -0.490 e. The summed E-state index contributed by atoms with van der Waals surface area (Å²) in [5.41, 5.74) is 3.78. The molecule has 1 N–H and O–H groups in total. The van der Waals surface area contributed by atoms with Gasteiger partial charge in [-0.2, -0.15) is 10.4 Å². The first-order valence-electron chi connectivity index (χ1n) is 7.17. The molecule has 0 radical (unpaired) electrons. The number of aromatic nitrogens is 1. The van der Waals surface area contributed by atoms with Crippen LogP contribution in [0.15, 0.2) is 46.4 Å². The van der Waals surface area contributed by atoms with Gasteiger partial charge in [0.1, 0.15) is 18.4 Å². The average Bonchev–Trinajstić information content (AvgIpc) is 2.98. The van der Waals surface area contributed by atoms with Crippen molar-refractivity contribution >= 4 is 12.1 Å². The maximum atomic E-state index is 9.05. The fraction of sp³-hybridized carbons (Fsp3) is 0.235. The van der Waals surface area contributed by atoms with E-state index in [0.29, 0.717) is 12.5 Å². The highest BCUT2D eigenvalue weighted by atomic mass is 16.5. The van der Waals surface area contributed by atoms with Crippen molar-refractivity contribution in [2.75, 3.05) is 12.0 Å². The van der Waals surface area contributed by atoms with Gasteiger partial charge >= 0.3 is 0 Å². The molecule has 0 amide bonds. The Kier molecular flexibility index (Phi) is 5.53. The molecule has 1 aromatic carbocycles. The second-order valence-corrected chi connectivity index (χ2v) is 5.04. The van der Waals surface area contributed by atoms with E-state index in [1.165, 1.54) is 0 Å². The first-order chi connectivity index (χ1) is 11.1. The lowest BCUT2D eigenvalue weighted by molar-refractivity contribution is 0.363. The van der Waals surface area contributed by atoms with Crippen LogP contribution in [0, 0.1) is 11.3 Å². The third-order valence-corrected chi connectivity index (χ3v) is 2.87. The molecule has 0 spiro atoms. The van der Waals surface area contributed by atoms with Crippen LogP contribution in [0.1, 0.15) is 36.9 Å². The molecule has 2 rings (SSSR count). The van der Waals surface area contributed by atoms with E-state index in [1.54, 1.807) is 12.3 Å². The molecule has 0 aliphatic heterocycles. The third-order valence-electron chi connectivity index (χ3n) is 2.87. The van der Waals surface area contributed by atoms with Gasteiger partial charge in [0.2, 0.25) is 11.6 Å². The number of hydrazone groups is 1. The predicted octanol–water partition coefficient (Wildman–Crippen LogP) is 3.68. The van der Waals surface area contributed by atoms with Gasteiger partial charge in [0.05, 0.1) is 6.21 Å². The summed E-state index contributed by atoms with van der Waals surface area (Å²) in [4.78, 5) is 4.11. The smallest absolute Gasteiger partial charge is 0.252 e. The molecule has 0 atom stereocenters. The Balaban J connectivity index is 2.01. The SMILES string of the molecule is C=CCOc1ccc(C=NNc2oc(C(C)C)nc2C#N)cc1. The fourth-order valence-corrected chi connectivity index (χ4v) is 1.71. The monoisotopic (exact) mass is 310 g/mol. The van der Waals surface area contributed by atoms with E-state index in [-0.39, 0.29) is 17.5 Å². The molecule has 0 saturated heterocycles. The number of hydrogen-bond acceptors (Lipinski definition) is 6. The molecule has 0 bridgehead atoms. The Labute approximate surface area is 135 Å². The molecule has 0 aliphatic rings. The van der Waals surface area contributed by atoms with Crippen LogP contribution in [0.25, 0.3) is 0 Å². The Bertz CT molecular complexity index is 724. The zero-order valence-corrected chi connectivity index (χ0v) is 13.1. The van der Waals surface area contributed by atoms with Crippen LogP contribution < -0.4 is 10.2 Å². The number of rotatable bonds is 7. The zero-order valence-electron chi connectivity index (χ0n) is 13.1. The number of oxazole rings is 1. The first kappa shape index (κ1) is 16.3. The van der Waals surface area contributed by atoms with Gasteiger partial charge in [-0.3, -0.25) is 0 Å². The highest BCUT2D eigenvalue weighted by Crippen LogP contribution is 2.22. The topological polar surface area (TPSA) is 83.4 Å². The van der Waals surface area contributed by atoms with Gasteiger partial charge in [-0.05, 0) is 29.8 Å². The lowest BCUT2D eigenvalue weighted by atomic mass is 10.2. The zero-order chi connectivity index (χ0) is 16.7. The van der Waals surface area contributed by atoms with E-state index >= 15 is 0 Å². The van der Waals surface area contributed by atoms with Crippen molar-refractivity contribution in [3.63, 3.8) is 0 Å². The molecule has 1 heterocycles. The summed E-state index contributed by atoms with van der Waals surface area (Å²) in [5, 5.41) is 13.1. The summed E-state index contributed by atoms with van der Waals surface area (Å²) >= 11 is 0. The van der Waals surface area contributed by atoms with Crippen LogP contribution in [0.2, 0.25) is 0 Å². The average molecular weight is 310 g/mol. The fourth-order valence-electron chi connectivity index (χ4n) is 1.71. The number of nitrogens with one attached hydrogen (secondary N) is 1.